The second kappa shape index (κ2) is 7.45. The van der Waals surface area contributed by atoms with E-state index in [1.54, 1.807) is 7.11 Å². The first-order valence-corrected chi connectivity index (χ1v) is 9.37. The second-order valence-corrected chi connectivity index (χ2v) is 7.11. The van der Waals surface area contributed by atoms with Crippen molar-refractivity contribution in [1.29, 1.82) is 0 Å². The van der Waals surface area contributed by atoms with E-state index >= 15 is 0 Å². The Morgan fingerprint density at radius 3 is 2.52 bits per heavy atom. The molecule has 27 heavy (non-hydrogen) atoms. The summed E-state index contributed by atoms with van der Waals surface area (Å²) >= 11 is 0. The minimum Gasteiger partial charge on any atom is -0.495 e. The molecule has 2 N–H and O–H groups in total. The van der Waals surface area contributed by atoms with Crippen molar-refractivity contribution in [2.24, 2.45) is 0 Å². The van der Waals surface area contributed by atoms with Crippen molar-refractivity contribution in [1.82, 2.24) is 10.2 Å². The first kappa shape index (κ1) is 17.6. The molecule has 5 heteroatoms. The number of allylic oxidation sites excluding steroid dienone is 1. The van der Waals surface area contributed by atoms with Gasteiger partial charge in [-0.1, -0.05) is 48.6 Å². The highest BCUT2D eigenvalue weighted by molar-refractivity contribution is 5.91. The molecule has 2 bridgehead atoms. The van der Waals surface area contributed by atoms with Gasteiger partial charge in [-0.3, -0.25) is 0 Å². The SMILES string of the molecule is C/C=C/c1ccc(C2[C@@H]3CN(C(=O)Nc4ccccc4OC)C[C@H]2N3)cc1. The first-order valence-electron chi connectivity index (χ1n) is 9.37. The summed E-state index contributed by atoms with van der Waals surface area (Å²) < 4.78 is 5.31. The second-order valence-electron chi connectivity index (χ2n) is 7.11. The van der Waals surface area contributed by atoms with Crippen LogP contribution in [0.4, 0.5) is 10.5 Å². The van der Waals surface area contributed by atoms with E-state index in [0.717, 1.165) is 0 Å². The van der Waals surface area contributed by atoms with Crippen LogP contribution in [0.3, 0.4) is 0 Å². The number of hydrogen-bond acceptors (Lipinski definition) is 3. The van der Waals surface area contributed by atoms with E-state index < -0.39 is 0 Å². The van der Waals surface area contributed by atoms with Crippen LogP contribution in [0.15, 0.2) is 54.6 Å². The average molecular weight is 363 g/mol. The molecule has 0 aromatic heterocycles. The molecule has 1 unspecified atom stereocenters. The number of piperidine rings is 1. The maximum Gasteiger partial charge on any atom is 0.322 e. The van der Waals surface area contributed by atoms with Gasteiger partial charge < -0.3 is 20.3 Å². The first-order chi connectivity index (χ1) is 13.2. The maximum absolute atomic E-state index is 12.7. The number of para-hydroxylation sites is 2. The normalized spacial score (nSPS) is 23.8. The van der Waals surface area contributed by atoms with Gasteiger partial charge in [0, 0.05) is 31.1 Å². The third-order valence-corrected chi connectivity index (χ3v) is 5.45. The number of benzene rings is 2. The summed E-state index contributed by atoms with van der Waals surface area (Å²) in [6.45, 7) is 3.44. The quantitative estimate of drug-likeness (QED) is 0.871. The number of nitrogens with zero attached hydrogens (tertiary/aromatic N) is 1. The van der Waals surface area contributed by atoms with Gasteiger partial charge in [-0.05, 0) is 30.2 Å². The van der Waals surface area contributed by atoms with Gasteiger partial charge in [0.25, 0.3) is 0 Å². The van der Waals surface area contributed by atoms with Crippen LogP contribution in [0.2, 0.25) is 0 Å². The molecule has 3 atom stereocenters. The molecule has 2 aromatic carbocycles. The summed E-state index contributed by atoms with van der Waals surface area (Å²) in [6.07, 6.45) is 4.15. The fourth-order valence-corrected chi connectivity index (χ4v) is 4.12. The molecule has 0 saturated carbocycles. The number of carbonyl (C=O) groups excluding carboxylic acids is 1. The average Bonchev–Trinajstić information content (AvgIpc) is 2.70. The molecule has 3 heterocycles. The largest absolute Gasteiger partial charge is 0.495 e. The van der Waals surface area contributed by atoms with Crippen molar-refractivity contribution in [2.75, 3.05) is 25.5 Å². The predicted octanol–water partition coefficient (Wildman–Crippen LogP) is 3.70. The monoisotopic (exact) mass is 363 g/mol. The van der Waals surface area contributed by atoms with Gasteiger partial charge in [-0.15, -0.1) is 0 Å². The van der Waals surface area contributed by atoms with Crippen LogP contribution < -0.4 is 15.4 Å². The standard InChI is InChI=1S/C22H25N3O2/c1-3-6-15-9-11-16(12-10-15)21-18-13-25(14-19(21)23-18)22(26)24-17-7-4-5-8-20(17)27-2/h3-12,18-19,21,23H,13-14H2,1-2H3,(H,24,26)/b6-3+/t18-,19+,21?. The molecule has 2 aromatic rings. The van der Waals surface area contributed by atoms with E-state index in [1.165, 1.54) is 11.1 Å². The number of amides is 2. The number of urea groups is 1. The van der Waals surface area contributed by atoms with Crippen LogP contribution in [0.1, 0.15) is 24.0 Å². The van der Waals surface area contributed by atoms with Gasteiger partial charge in [-0.25, -0.2) is 4.79 Å². The van der Waals surface area contributed by atoms with Crippen molar-refractivity contribution in [3.8, 4) is 5.75 Å². The fraction of sp³-hybridized carbons (Fsp3) is 0.318. The van der Waals surface area contributed by atoms with Gasteiger partial charge >= 0.3 is 6.03 Å². The van der Waals surface area contributed by atoms with E-state index in [-0.39, 0.29) is 6.03 Å². The van der Waals surface area contributed by atoms with Crippen LogP contribution in [0.25, 0.3) is 6.08 Å². The van der Waals surface area contributed by atoms with Crippen molar-refractivity contribution in [3.05, 3.63) is 65.7 Å². The number of methoxy groups -OCH3 is 1. The topological polar surface area (TPSA) is 53.6 Å². The van der Waals surface area contributed by atoms with Gasteiger partial charge in [0.15, 0.2) is 0 Å². The Hall–Kier alpha value is -2.79. The Morgan fingerprint density at radius 1 is 1.15 bits per heavy atom. The number of hydrogen-bond donors (Lipinski definition) is 2. The Bertz CT molecular complexity index is 835. The molecule has 3 saturated heterocycles. The van der Waals surface area contributed by atoms with E-state index in [1.807, 2.05) is 42.2 Å². The number of ether oxygens (including phenoxy) is 1. The Kier molecular flexibility index (Phi) is 4.86. The zero-order valence-corrected chi connectivity index (χ0v) is 15.7. The Balaban J connectivity index is 1.40. The molecule has 5 nitrogen and oxygen atoms in total. The minimum absolute atomic E-state index is 0.0714. The lowest BCUT2D eigenvalue weighted by Gasteiger charge is -2.54. The summed E-state index contributed by atoms with van der Waals surface area (Å²) in [5, 5.41) is 6.55. The third kappa shape index (κ3) is 3.43. The summed E-state index contributed by atoms with van der Waals surface area (Å²) in [5.74, 6) is 1.14. The van der Waals surface area contributed by atoms with E-state index in [9.17, 15) is 4.79 Å². The summed E-state index contributed by atoms with van der Waals surface area (Å²) in [6, 6.07) is 16.8. The highest BCUT2D eigenvalue weighted by Crippen LogP contribution is 2.37. The zero-order valence-electron chi connectivity index (χ0n) is 15.7. The lowest BCUT2D eigenvalue weighted by Crippen LogP contribution is -2.72. The Morgan fingerprint density at radius 2 is 1.85 bits per heavy atom. The number of anilines is 1. The van der Waals surface area contributed by atoms with Crippen LogP contribution in [-0.2, 0) is 0 Å². The molecular formula is C22H25N3O2. The van der Waals surface area contributed by atoms with E-state index in [2.05, 4.69) is 41.0 Å². The van der Waals surface area contributed by atoms with Gasteiger partial charge in [-0.2, -0.15) is 0 Å². The van der Waals surface area contributed by atoms with Crippen molar-refractivity contribution in [3.63, 3.8) is 0 Å². The number of nitrogens with one attached hydrogen (secondary N) is 2. The molecule has 0 aliphatic carbocycles. The minimum atomic E-state index is -0.0714. The maximum atomic E-state index is 12.7. The molecular weight excluding hydrogens is 338 g/mol. The lowest BCUT2D eigenvalue weighted by atomic mass is 9.74. The smallest absolute Gasteiger partial charge is 0.322 e. The van der Waals surface area contributed by atoms with Crippen LogP contribution in [0.5, 0.6) is 5.75 Å². The van der Waals surface area contributed by atoms with Gasteiger partial charge in [0.05, 0.1) is 12.8 Å². The molecule has 2 amide bonds. The summed E-state index contributed by atoms with van der Waals surface area (Å²) in [7, 11) is 1.61. The summed E-state index contributed by atoms with van der Waals surface area (Å²) in [4.78, 5) is 14.6. The molecule has 0 radical (unpaired) electrons. The number of rotatable bonds is 4. The summed E-state index contributed by atoms with van der Waals surface area (Å²) in [5.41, 5.74) is 3.27. The molecule has 3 fully saturated rings. The highest BCUT2D eigenvalue weighted by atomic mass is 16.5. The van der Waals surface area contributed by atoms with E-state index in [0.29, 0.717) is 42.5 Å². The van der Waals surface area contributed by atoms with Gasteiger partial charge in [0.1, 0.15) is 5.75 Å². The third-order valence-electron chi connectivity index (χ3n) is 5.45. The lowest BCUT2D eigenvalue weighted by molar-refractivity contribution is 0.0759. The number of carbonyl (C=O) groups is 1. The van der Waals surface area contributed by atoms with Crippen LogP contribution >= 0.6 is 0 Å². The number of piperazine rings is 1. The molecule has 140 valence electrons. The van der Waals surface area contributed by atoms with Crippen molar-refractivity contribution < 1.29 is 9.53 Å². The predicted molar refractivity (Wildman–Crippen MR) is 108 cm³/mol. The Labute approximate surface area is 160 Å². The van der Waals surface area contributed by atoms with Crippen LogP contribution in [-0.4, -0.2) is 43.2 Å². The zero-order chi connectivity index (χ0) is 18.8. The van der Waals surface area contributed by atoms with Crippen molar-refractivity contribution >= 4 is 17.8 Å². The van der Waals surface area contributed by atoms with Crippen LogP contribution in [0, 0.1) is 0 Å². The number of fused-ring (bicyclic) bond motifs is 2. The fourth-order valence-electron chi connectivity index (χ4n) is 4.12. The molecule has 0 spiro atoms. The van der Waals surface area contributed by atoms with Gasteiger partial charge in [0.2, 0.25) is 0 Å². The van der Waals surface area contributed by atoms with Crippen molar-refractivity contribution in [2.45, 2.75) is 24.9 Å². The molecule has 3 aliphatic heterocycles. The molecule has 5 rings (SSSR count). The van der Waals surface area contributed by atoms with E-state index in [4.69, 9.17) is 4.74 Å². The highest BCUT2D eigenvalue weighted by Gasteiger charge is 2.48. The molecule has 3 aliphatic rings.